The van der Waals surface area contributed by atoms with E-state index >= 15 is 0 Å². The highest BCUT2D eigenvalue weighted by atomic mass is 16.5. The Labute approximate surface area is 69.0 Å². The summed E-state index contributed by atoms with van der Waals surface area (Å²) in [4.78, 5) is 10.1. The number of rotatable bonds is 3. The van der Waals surface area contributed by atoms with Crippen LogP contribution in [0.2, 0.25) is 0 Å². The number of benzene rings is 1. The maximum atomic E-state index is 10.1. The lowest BCUT2D eigenvalue weighted by atomic mass is 10.3. The summed E-state index contributed by atoms with van der Waals surface area (Å²) in [6.45, 7) is -0.467. The van der Waals surface area contributed by atoms with Gasteiger partial charge in [-0.05, 0) is 6.07 Å². The molecule has 4 nitrogen and oxygen atoms in total. The molecule has 1 radical (unpaired) electrons. The van der Waals surface area contributed by atoms with Crippen molar-refractivity contribution in [2.45, 2.75) is 0 Å². The molecule has 0 unspecified atom stereocenters. The van der Waals surface area contributed by atoms with Crippen LogP contribution in [-0.2, 0) is 4.79 Å². The third-order valence-corrected chi connectivity index (χ3v) is 1.15. The normalized spacial score (nSPS) is 9.33. The van der Waals surface area contributed by atoms with E-state index in [9.17, 15) is 4.79 Å². The van der Waals surface area contributed by atoms with Crippen LogP contribution < -0.4 is 4.74 Å². The smallest absolute Gasteiger partial charge is 0.341 e. The van der Waals surface area contributed by atoms with E-state index in [0.29, 0.717) is 0 Å². The van der Waals surface area contributed by atoms with Gasteiger partial charge >= 0.3 is 5.97 Å². The molecule has 4 heteroatoms. The average molecular weight is 167 g/mol. The van der Waals surface area contributed by atoms with Crippen molar-refractivity contribution in [1.29, 1.82) is 0 Å². The van der Waals surface area contributed by atoms with Crippen LogP contribution in [0.3, 0.4) is 0 Å². The summed E-state index contributed by atoms with van der Waals surface area (Å²) < 4.78 is 4.72. The van der Waals surface area contributed by atoms with Gasteiger partial charge in [-0.25, -0.2) is 4.79 Å². The highest BCUT2D eigenvalue weighted by Gasteiger charge is 2.02. The van der Waals surface area contributed by atoms with Crippen LogP contribution in [0, 0.1) is 6.07 Å². The van der Waals surface area contributed by atoms with Crippen molar-refractivity contribution in [1.82, 2.24) is 0 Å². The van der Waals surface area contributed by atoms with Gasteiger partial charge in [-0.1, -0.05) is 12.1 Å². The quantitative estimate of drug-likeness (QED) is 0.693. The molecule has 1 rings (SSSR count). The van der Waals surface area contributed by atoms with Crippen molar-refractivity contribution in [3.05, 3.63) is 24.3 Å². The van der Waals surface area contributed by atoms with Gasteiger partial charge in [0.1, 0.15) is 0 Å². The average Bonchev–Trinajstić information content (AvgIpc) is 2.03. The summed E-state index contributed by atoms with van der Waals surface area (Å²) >= 11 is 0. The molecule has 63 valence electrons. The van der Waals surface area contributed by atoms with Crippen LogP contribution in [-0.4, -0.2) is 22.8 Å². The Morgan fingerprint density at radius 2 is 2.42 bits per heavy atom. The standard InChI is InChI=1S/C8H7O4/c9-6-3-1-2-4-7(6)12-5-8(10)11/h1-2,4,9H,5H2,(H,10,11). The second-order valence-electron chi connectivity index (χ2n) is 2.07. The van der Waals surface area contributed by atoms with Gasteiger partial charge in [-0.3, -0.25) is 0 Å². The number of para-hydroxylation sites is 1. The molecule has 0 saturated heterocycles. The number of hydrogen-bond acceptors (Lipinski definition) is 3. The Bertz CT molecular complexity index is 282. The van der Waals surface area contributed by atoms with Crippen molar-refractivity contribution in [3.63, 3.8) is 0 Å². The zero-order chi connectivity index (χ0) is 8.97. The lowest BCUT2D eigenvalue weighted by Gasteiger charge is -2.03. The van der Waals surface area contributed by atoms with Gasteiger partial charge in [-0.15, -0.1) is 0 Å². The molecule has 1 aromatic carbocycles. The predicted molar refractivity (Wildman–Crippen MR) is 40.1 cm³/mol. The van der Waals surface area contributed by atoms with Crippen LogP contribution in [0.5, 0.6) is 11.5 Å². The van der Waals surface area contributed by atoms with E-state index in [1.54, 1.807) is 6.07 Å². The molecule has 0 aliphatic rings. The molecule has 0 atom stereocenters. The number of carboxylic acid groups (broad SMARTS) is 1. The predicted octanol–water partition coefficient (Wildman–Crippen LogP) is 0.656. The maximum Gasteiger partial charge on any atom is 0.341 e. The summed E-state index contributed by atoms with van der Waals surface area (Å²) in [6.07, 6.45) is 0. The molecular weight excluding hydrogens is 160 g/mol. The molecule has 0 saturated carbocycles. The fraction of sp³-hybridized carbons (Fsp3) is 0.125. The Hall–Kier alpha value is -1.71. The lowest BCUT2D eigenvalue weighted by Crippen LogP contribution is -2.09. The zero-order valence-electron chi connectivity index (χ0n) is 6.15. The van der Waals surface area contributed by atoms with E-state index in [0.717, 1.165) is 0 Å². The molecule has 0 aliphatic carbocycles. The summed E-state index contributed by atoms with van der Waals surface area (Å²) in [6, 6.07) is 7.03. The number of aromatic hydroxyl groups is 1. The number of phenols is 1. The van der Waals surface area contributed by atoms with Gasteiger partial charge < -0.3 is 14.9 Å². The molecule has 2 N–H and O–H groups in total. The van der Waals surface area contributed by atoms with Gasteiger partial charge in [0.05, 0.1) is 0 Å². The van der Waals surface area contributed by atoms with Gasteiger partial charge in [0.15, 0.2) is 18.1 Å². The summed E-state index contributed by atoms with van der Waals surface area (Å²) in [5.74, 6) is -1.14. The minimum Gasteiger partial charge on any atom is -0.504 e. The first kappa shape index (κ1) is 8.39. The second kappa shape index (κ2) is 3.61. The van der Waals surface area contributed by atoms with Gasteiger partial charge in [0, 0.05) is 6.07 Å². The van der Waals surface area contributed by atoms with E-state index in [1.807, 2.05) is 0 Å². The molecule has 0 bridgehead atoms. The maximum absolute atomic E-state index is 10.1. The van der Waals surface area contributed by atoms with E-state index in [4.69, 9.17) is 14.9 Å². The van der Waals surface area contributed by atoms with Crippen molar-refractivity contribution < 1.29 is 19.7 Å². The molecule has 0 aromatic heterocycles. The molecule has 1 aromatic rings. The monoisotopic (exact) mass is 167 g/mol. The van der Waals surface area contributed by atoms with Crippen LogP contribution in [0.15, 0.2) is 18.2 Å². The van der Waals surface area contributed by atoms with E-state index in [1.165, 1.54) is 12.1 Å². The highest BCUT2D eigenvalue weighted by molar-refractivity contribution is 5.68. The number of hydrogen-bond donors (Lipinski definition) is 2. The summed E-state index contributed by atoms with van der Waals surface area (Å²) in [5.41, 5.74) is 0. The van der Waals surface area contributed by atoms with E-state index in [2.05, 4.69) is 6.07 Å². The molecule has 0 aliphatic heterocycles. The van der Waals surface area contributed by atoms with Gasteiger partial charge in [0.25, 0.3) is 0 Å². The topological polar surface area (TPSA) is 66.8 Å². The largest absolute Gasteiger partial charge is 0.504 e. The zero-order valence-corrected chi connectivity index (χ0v) is 6.15. The second-order valence-corrected chi connectivity index (χ2v) is 2.07. The third-order valence-electron chi connectivity index (χ3n) is 1.15. The fourth-order valence-corrected chi connectivity index (χ4v) is 0.669. The summed E-state index contributed by atoms with van der Waals surface area (Å²) in [7, 11) is 0. The summed E-state index contributed by atoms with van der Waals surface area (Å²) in [5, 5.41) is 17.3. The molecule has 0 fully saturated rings. The number of carbonyl (C=O) groups is 1. The van der Waals surface area contributed by atoms with Gasteiger partial charge in [-0.2, -0.15) is 0 Å². The number of carboxylic acids is 1. The Balaban J connectivity index is 2.63. The van der Waals surface area contributed by atoms with Crippen molar-refractivity contribution in [2.75, 3.05) is 6.61 Å². The van der Waals surface area contributed by atoms with Crippen molar-refractivity contribution in [2.24, 2.45) is 0 Å². The number of ether oxygens (including phenoxy) is 1. The minimum absolute atomic E-state index is 0.125. The van der Waals surface area contributed by atoms with E-state index < -0.39 is 12.6 Å². The number of phenolic OH excluding ortho intramolecular Hbond substituents is 1. The lowest BCUT2D eigenvalue weighted by molar-refractivity contribution is -0.139. The fourth-order valence-electron chi connectivity index (χ4n) is 0.669. The van der Waals surface area contributed by atoms with Crippen molar-refractivity contribution >= 4 is 5.97 Å². The first-order valence-corrected chi connectivity index (χ1v) is 3.24. The Morgan fingerprint density at radius 1 is 1.67 bits per heavy atom. The number of aliphatic carboxylic acids is 1. The SMILES string of the molecule is O=C(O)COc1ccc[c]c1O. The van der Waals surface area contributed by atoms with E-state index in [-0.39, 0.29) is 11.5 Å². The molecule has 0 amide bonds. The molecular formula is C8H7O4. The highest BCUT2D eigenvalue weighted by Crippen LogP contribution is 2.23. The van der Waals surface area contributed by atoms with Gasteiger partial charge in [0.2, 0.25) is 0 Å². The van der Waals surface area contributed by atoms with Crippen LogP contribution in [0.1, 0.15) is 0 Å². The first-order valence-electron chi connectivity index (χ1n) is 3.24. The first-order chi connectivity index (χ1) is 5.70. The third kappa shape index (κ3) is 2.16. The van der Waals surface area contributed by atoms with Crippen LogP contribution in [0.25, 0.3) is 0 Å². The Kier molecular flexibility index (Phi) is 2.53. The minimum atomic E-state index is -1.08. The molecule has 12 heavy (non-hydrogen) atoms. The molecule has 0 spiro atoms. The van der Waals surface area contributed by atoms with Crippen molar-refractivity contribution in [3.8, 4) is 11.5 Å². The molecule has 0 heterocycles. The Morgan fingerprint density at radius 3 is 3.00 bits per heavy atom. The van der Waals surface area contributed by atoms with Crippen LogP contribution in [0.4, 0.5) is 0 Å². The van der Waals surface area contributed by atoms with Crippen LogP contribution >= 0.6 is 0 Å².